The van der Waals surface area contributed by atoms with Crippen molar-refractivity contribution < 1.29 is 4.42 Å². The number of benzene rings is 11. The van der Waals surface area contributed by atoms with Gasteiger partial charge in [-0.15, -0.1) is 0 Å². The number of hydrogen-bond acceptors (Lipinski definition) is 2. The molecule has 1 aliphatic carbocycles. The zero-order chi connectivity index (χ0) is 44.3. The van der Waals surface area contributed by atoms with Gasteiger partial charge in [-0.2, -0.15) is 0 Å². The molecule has 2 nitrogen and oxygen atoms in total. The van der Waals surface area contributed by atoms with Gasteiger partial charge in [0.25, 0.3) is 0 Å². The molecule has 13 rings (SSSR count). The van der Waals surface area contributed by atoms with Gasteiger partial charge in [-0.1, -0.05) is 212 Å². The fourth-order valence-electron chi connectivity index (χ4n) is 10.9. The van der Waals surface area contributed by atoms with Crippen molar-refractivity contribution in [3.05, 3.63) is 283 Å². The SMILES string of the molecule is c1ccc(C2(c3ccccc3)c3ccccc3-c3c(N(c4ccc(-c5ccc(-c6cccc7ccccc67)cc5)cc4)c4cccc(-c5ccc6oc7ccccc7c6c5)c4)cccc32)cc1. The zero-order valence-electron chi connectivity index (χ0n) is 36.7. The maximum atomic E-state index is 6.25. The van der Waals surface area contributed by atoms with Crippen LogP contribution in [0.25, 0.3) is 77.2 Å². The van der Waals surface area contributed by atoms with Crippen molar-refractivity contribution in [2.45, 2.75) is 5.41 Å². The van der Waals surface area contributed by atoms with Gasteiger partial charge in [0, 0.05) is 27.7 Å². The summed E-state index contributed by atoms with van der Waals surface area (Å²) in [5.74, 6) is 0. The first-order chi connectivity index (χ1) is 33.2. The Bertz CT molecular complexity index is 3750. The summed E-state index contributed by atoms with van der Waals surface area (Å²) in [5, 5.41) is 4.76. The maximum absolute atomic E-state index is 6.25. The zero-order valence-corrected chi connectivity index (χ0v) is 36.7. The van der Waals surface area contributed by atoms with E-state index in [1.165, 1.54) is 66.4 Å². The summed E-state index contributed by atoms with van der Waals surface area (Å²) in [5.41, 5.74) is 19.1. The first-order valence-electron chi connectivity index (χ1n) is 23.1. The molecule has 1 aromatic heterocycles. The second-order valence-electron chi connectivity index (χ2n) is 17.6. The van der Waals surface area contributed by atoms with Crippen LogP contribution in [0, 0.1) is 0 Å². The van der Waals surface area contributed by atoms with Crippen LogP contribution in [0.3, 0.4) is 0 Å². The van der Waals surface area contributed by atoms with E-state index in [1.54, 1.807) is 0 Å². The molecular formula is C65H43NO. The molecule has 0 spiro atoms. The van der Waals surface area contributed by atoms with E-state index in [0.717, 1.165) is 50.1 Å². The highest BCUT2D eigenvalue weighted by Gasteiger charge is 2.47. The fraction of sp³-hybridized carbons (Fsp3) is 0.0154. The van der Waals surface area contributed by atoms with Gasteiger partial charge in [-0.3, -0.25) is 0 Å². The van der Waals surface area contributed by atoms with Crippen molar-refractivity contribution in [3.63, 3.8) is 0 Å². The van der Waals surface area contributed by atoms with E-state index in [1.807, 2.05) is 12.1 Å². The third kappa shape index (κ3) is 6.26. The lowest BCUT2D eigenvalue weighted by Crippen LogP contribution is -2.28. The first-order valence-corrected chi connectivity index (χ1v) is 23.1. The summed E-state index contributed by atoms with van der Waals surface area (Å²) >= 11 is 0. The van der Waals surface area contributed by atoms with Gasteiger partial charge in [0.1, 0.15) is 11.2 Å². The Hall–Kier alpha value is -8.72. The molecule has 0 fully saturated rings. The van der Waals surface area contributed by atoms with Crippen molar-refractivity contribution in [2.75, 3.05) is 4.90 Å². The number of nitrogens with zero attached hydrogens (tertiary/aromatic N) is 1. The van der Waals surface area contributed by atoms with Gasteiger partial charge < -0.3 is 9.32 Å². The third-order valence-electron chi connectivity index (χ3n) is 14.0. The van der Waals surface area contributed by atoms with Gasteiger partial charge in [0.2, 0.25) is 0 Å². The first kappa shape index (κ1) is 38.7. The molecule has 0 radical (unpaired) electrons. The van der Waals surface area contributed by atoms with Crippen LogP contribution < -0.4 is 4.90 Å². The topological polar surface area (TPSA) is 16.4 Å². The summed E-state index contributed by atoms with van der Waals surface area (Å²) in [6.45, 7) is 0. The van der Waals surface area contributed by atoms with Gasteiger partial charge >= 0.3 is 0 Å². The Morgan fingerprint density at radius 1 is 0.313 bits per heavy atom. The normalized spacial score (nSPS) is 12.6. The van der Waals surface area contributed by atoms with Gasteiger partial charge in [-0.05, 0) is 121 Å². The molecule has 1 aliphatic rings. The lowest BCUT2D eigenvalue weighted by atomic mass is 9.68. The molecule has 11 aromatic carbocycles. The van der Waals surface area contributed by atoms with Crippen molar-refractivity contribution in [1.29, 1.82) is 0 Å². The van der Waals surface area contributed by atoms with E-state index in [-0.39, 0.29) is 0 Å². The molecule has 314 valence electrons. The highest BCUT2D eigenvalue weighted by molar-refractivity contribution is 6.06. The van der Waals surface area contributed by atoms with Crippen LogP contribution in [0.5, 0.6) is 0 Å². The number of hydrogen-bond donors (Lipinski definition) is 0. The molecule has 0 unspecified atom stereocenters. The van der Waals surface area contributed by atoms with Crippen molar-refractivity contribution in [1.82, 2.24) is 0 Å². The molecule has 67 heavy (non-hydrogen) atoms. The molecule has 0 N–H and O–H groups in total. The molecule has 0 amide bonds. The average molecular weight is 854 g/mol. The highest BCUT2D eigenvalue weighted by atomic mass is 16.3. The quantitative estimate of drug-likeness (QED) is 0.151. The molecule has 12 aromatic rings. The maximum Gasteiger partial charge on any atom is 0.135 e. The van der Waals surface area contributed by atoms with Gasteiger partial charge in [-0.25, -0.2) is 0 Å². The van der Waals surface area contributed by atoms with Crippen LogP contribution in [0.2, 0.25) is 0 Å². The smallest absolute Gasteiger partial charge is 0.135 e. The number of rotatable bonds is 8. The average Bonchev–Trinajstić information content (AvgIpc) is 3.93. The number of furan rings is 1. The molecule has 0 saturated heterocycles. The summed E-state index contributed by atoms with van der Waals surface area (Å²) < 4.78 is 6.25. The van der Waals surface area contributed by atoms with Crippen LogP contribution in [0.4, 0.5) is 17.1 Å². The molecule has 0 atom stereocenters. The van der Waals surface area contributed by atoms with Crippen molar-refractivity contribution >= 4 is 49.8 Å². The summed E-state index contributed by atoms with van der Waals surface area (Å²) in [6.07, 6.45) is 0. The van der Waals surface area contributed by atoms with E-state index in [2.05, 4.69) is 254 Å². The predicted molar refractivity (Wildman–Crippen MR) is 280 cm³/mol. The van der Waals surface area contributed by atoms with Crippen molar-refractivity contribution in [2.24, 2.45) is 0 Å². The second kappa shape index (κ2) is 15.8. The molecule has 2 heteroatoms. The molecule has 0 bridgehead atoms. The van der Waals surface area contributed by atoms with E-state index in [4.69, 9.17) is 4.42 Å². The Morgan fingerprint density at radius 2 is 0.866 bits per heavy atom. The van der Waals surface area contributed by atoms with E-state index < -0.39 is 5.41 Å². The number of fused-ring (bicyclic) bond motifs is 7. The molecular weight excluding hydrogens is 811 g/mol. The second-order valence-corrected chi connectivity index (χ2v) is 17.6. The Morgan fingerprint density at radius 3 is 1.66 bits per heavy atom. The standard InChI is InChI=1S/C65H43NO/c1-3-19-50(20-4-1)65(51-21-5-2-6-22-51)59-28-11-9-26-57(59)64-60(65)29-15-30-61(64)66(53-23-13-18-48(42-53)49-38-41-63-58(43-49)56-25-10-12-31-62(56)67-63)52-39-36-45(37-40-52)44-32-34-47(35-33-44)55-27-14-17-46-16-7-8-24-54(46)55/h1-43H. The van der Waals surface area contributed by atoms with Crippen LogP contribution in [0.1, 0.15) is 22.3 Å². The lowest BCUT2D eigenvalue weighted by molar-refractivity contribution is 0.669. The fourth-order valence-corrected chi connectivity index (χ4v) is 10.9. The summed E-state index contributed by atoms with van der Waals surface area (Å²) in [4.78, 5) is 2.46. The minimum absolute atomic E-state index is 0.525. The molecule has 1 heterocycles. The van der Waals surface area contributed by atoms with Crippen LogP contribution in [-0.2, 0) is 5.41 Å². The lowest BCUT2D eigenvalue weighted by Gasteiger charge is -2.34. The van der Waals surface area contributed by atoms with Crippen LogP contribution >= 0.6 is 0 Å². The molecule has 0 saturated carbocycles. The largest absolute Gasteiger partial charge is 0.456 e. The number of para-hydroxylation sites is 1. The van der Waals surface area contributed by atoms with E-state index in [0.29, 0.717) is 0 Å². The minimum atomic E-state index is -0.525. The summed E-state index contributed by atoms with van der Waals surface area (Å²) in [7, 11) is 0. The van der Waals surface area contributed by atoms with Gasteiger partial charge in [0.05, 0.1) is 11.1 Å². The Labute approximate surface area is 390 Å². The number of anilines is 3. The highest BCUT2D eigenvalue weighted by Crippen LogP contribution is 2.59. The third-order valence-corrected chi connectivity index (χ3v) is 14.0. The van der Waals surface area contributed by atoms with Crippen molar-refractivity contribution in [3.8, 4) is 44.5 Å². The van der Waals surface area contributed by atoms with E-state index in [9.17, 15) is 0 Å². The van der Waals surface area contributed by atoms with Crippen LogP contribution in [-0.4, -0.2) is 0 Å². The Balaban J connectivity index is 0.982. The van der Waals surface area contributed by atoms with Gasteiger partial charge in [0.15, 0.2) is 0 Å². The minimum Gasteiger partial charge on any atom is -0.456 e. The summed E-state index contributed by atoms with van der Waals surface area (Å²) in [6, 6.07) is 95.2. The van der Waals surface area contributed by atoms with E-state index >= 15 is 0 Å². The monoisotopic (exact) mass is 853 g/mol. The molecule has 0 aliphatic heterocycles. The predicted octanol–water partition coefficient (Wildman–Crippen LogP) is 17.6. The van der Waals surface area contributed by atoms with Crippen LogP contribution in [0.15, 0.2) is 265 Å². The Kier molecular flexibility index (Phi) is 9.11.